The van der Waals surface area contributed by atoms with E-state index < -0.39 is 0 Å². The van der Waals surface area contributed by atoms with Gasteiger partial charge in [0.05, 0.1) is 0 Å². The Labute approximate surface area is 141 Å². The first-order valence-electron chi connectivity index (χ1n) is 7.23. The first kappa shape index (κ1) is 16.9. The zero-order valence-electron chi connectivity index (χ0n) is 13.0. The van der Waals surface area contributed by atoms with Crippen LogP contribution in [0.25, 0.3) is 11.1 Å². The van der Waals surface area contributed by atoms with Gasteiger partial charge in [-0.15, -0.1) is 0 Å². The van der Waals surface area contributed by atoms with Crippen LogP contribution in [0, 0.1) is 0 Å². The van der Waals surface area contributed by atoms with Gasteiger partial charge in [0.25, 0.3) is 0 Å². The largest absolute Gasteiger partial charge is 0.295 e. The Hall–Kier alpha value is -2.45. The van der Waals surface area contributed by atoms with Crippen molar-refractivity contribution < 1.29 is 9.59 Å². The maximum absolute atomic E-state index is 11.2. The van der Waals surface area contributed by atoms with Crippen molar-refractivity contribution in [1.29, 1.82) is 0 Å². The summed E-state index contributed by atoms with van der Waals surface area (Å²) in [5.41, 5.74) is 3.21. The van der Waals surface area contributed by atoms with Crippen LogP contribution in [0.15, 0.2) is 60.7 Å². The first-order chi connectivity index (χ1) is 11.0. The number of Topliss-reactive ketones (excluding diaryl/α,β-unsaturated/α-hetero) is 2. The number of carbonyl (C=O) groups is 2. The van der Waals surface area contributed by atoms with Gasteiger partial charge in [0.2, 0.25) is 0 Å². The molecule has 0 radical (unpaired) electrons. The second kappa shape index (κ2) is 7.70. The minimum Gasteiger partial charge on any atom is -0.295 e. The molecule has 2 aromatic rings. The zero-order valence-corrected chi connectivity index (χ0v) is 13.8. The quantitative estimate of drug-likeness (QED) is 0.546. The zero-order chi connectivity index (χ0) is 16.8. The molecular formula is C20H17ClO2. The van der Waals surface area contributed by atoms with Crippen molar-refractivity contribution in [3.05, 3.63) is 82.9 Å². The molecule has 3 heteroatoms. The fourth-order valence-corrected chi connectivity index (χ4v) is 2.23. The predicted molar refractivity (Wildman–Crippen MR) is 95.8 cm³/mol. The standard InChI is InChI=1S/C20H17ClO2/c1-14(22)17-8-6-16(7-9-17)4-3-5-20(21)19-12-10-18(11-13-19)15(2)23/h3-13H,1-2H3/b4-3+,20-5-. The minimum atomic E-state index is 0.0329. The molecule has 0 aliphatic rings. The highest BCUT2D eigenvalue weighted by atomic mass is 35.5. The third kappa shape index (κ3) is 4.76. The number of hydrogen-bond acceptors (Lipinski definition) is 2. The second-order valence-electron chi connectivity index (χ2n) is 5.19. The van der Waals surface area contributed by atoms with E-state index in [9.17, 15) is 9.59 Å². The molecule has 0 spiro atoms. The Morgan fingerprint density at radius 1 is 0.783 bits per heavy atom. The van der Waals surface area contributed by atoms with Crippen LogP contribution in [0.5, 0.6) is 0 Å². The second-order valence-corrected chi connectivity index (χ2v) is 5.59. The number of halogens is 1. The third-order valence-electron chi connectivity index (χ3n) is 3.42. The van der Waals surface area contributed by atoms with Crippen LogP contribution >= 0.6 is 11.6 Å². The molecule has 2 aromatic carbocycles. The Balaban J connectivity index is 2.08. The van der Waals surface area contributed by atoms with Gasteiger partial charge in [-0.1, -0.05) is 72.3 Å². The fraction of sp³-hybridized carbons (Fsp3) is 0.100. The maximum Gasteiger partial charge on any atom is 0.159 e. The van der Waals surface area contributed by atoms with E-state index in [1.807, 2.05) is 36.4 Å². The van der Waals surface area contributed by atoms with Crippen LogP contribution in [0.1, 0.15) is 45.7 Å². The summed E-state index contributed by atoms with van der Waals surface area (Å²) in [4.78, 5) is 22.5. The molecule has 0 bridgehead atoms. The normalized spacial score (nSPS) is 11.7. The molecule has 23 heavy (non-hydrogen) atoms. The monoisotopic (exact) mass is 324 g/mol. The van der Waals surface area contributed by atoms with E-state index in [-0.39, 0.29) is 11.6 Å². The summed E-state index contributed by atoms with van der Waals surface area (Å²) in [6, 6.07) is 14.5. The number of hydrogen-bond donors (Lipinski definition) is 0. The number of rotatable bonds is 5. The van der Waals surface area contributed by atoms with E-state index >= 15 is 0 Å². The molecule has 116 valence electrons. The van der Waals surface area contributed by atoms with Crippen LogP contribution in [0.4, 0.5) is 0 Å². The van der Waals surface area contributed by atoms with Crippen molar-refractivity contribution in [3.8, 4) is 0 Å². The molecule has 0 unspecified atom stereocenters. The van der Waals surface area contributed by atoms with Gasteiger partial charge >= 0.3 is 0 Å². The number of benzene rings is 2. The van der Waals surface area contributed by atoms with E-state index in [0.717, 1.165) is 11.1 Å². The lowest BCUT2D eigenvalue weighted by Gasteiger charge is -2.00. The average Bonchev–Trinajstić information content (AvgIpc) is 2.55. The van der Waals surface area contributed by atoms with Gasteiger partial charge in [-0.25, -0.2) is 0 Å². The summed E-state index contributed by atoms with van der Waals surface area (Å²) in [7, 11) is 0. The molecule has 0 aliphatic heterocycles. The summed E-state index contributed by atoms with van der Waals surface area (Å²) in [5.74, 6) is 0.0861. The summed E-state index contributed by atoms with van der Waals surface area (Å²) < 4.78 is 0. The highest BCUT2D eigenvalue weighted by Crippen LogP contribution is 2.20. The Morgan fingerprint density at radius 2 is 1.22 bits per heavy atom. The van der Waals surface area contributed by atoms with Gasteiger partial charge in [0.1, 0.15) is 0 Å². The predicted octanol–water partition coefficient (Wildman–Crippen LogP) is 5.38. The van der Waals surface area contributed by atoms with Crippen LogP contribution in [0.2, 0.25) is 0 Å². The molecule has 0 saturated carbocycles. The topological polar surface area (TPSA) is 34.1 Å². The molecular weight excluding hydrogens is 308 g/mol. The molecule has 0 atom stereocenters. The summed E-state index contributed by atoms with van der Waals surface area (Å²) in [6.07, 6.45) is 5.56. The van der Waals surface area contributed by atoms with Gasteiger partial charge in [0.15, 0.2) is 11.6 Å². The molecule has 0 fully saturated rings. The highest BCUT2D eigenvalue weighted by Gasteiger charge is 2.01. The van der Waals surface area contributed by atoms with Crippen LogP contribution in [-0.2, 0) is 0 Å². The molecule has 0 aliphatic carbocycles. The van der Waals surface area contributed by atoms with Gasteiger partial charge in [-0.3, -0.25) is 9.59 Å². The molecule has 0 amide bonds. The van der Waals surface area contributed by atoms with E-state index in [1.165, 1.54) is 6.92 Å². The Bertz CT molecular complexity index is 766. The Morgan fingerprint density at radius 3 is 1.70 bits per heavy atom. The van der Waals surface area contributed by atoms with Crippen molar-refractivity contribution in [2.45, 2.75) is 13.8 Å². The molecule has 0 saturated heterocycles. The maximum atomic E-state index is 11.2. The highest BCUT2D eigenvalue weighted by molar-refractivity contribution is 6.48. The van der Waals surface area contributed by atoms with Crippen LogP contribution in [-0.4, -0.2) is 11.6 Å². The van der Waals surface area contributed by atoms with Crippen molar-refractivity contribution in [3.63, 3.8) is 0 Å². The number of allylic oxidation sites excluding steroid dienone is 2. The Kier molecular flexibility index (Phi) is 5.67. The summed E-state index contributed by atoms with van der Waals surface area (Å²) in [5, 5.41) is 0.594. The van der Waals surface area contributed by atoms with Crippen molar-refractivity contribution in [2.24, 2.45) is 0 Å². The van der Waals surface area contributed by atoms with Gasteiger partial charge in [-0.05, 0) is 31.1 Å². The van der Waals surface area contributed by atoms with E-state index in [2.05, 4.69) is 0 Å². The average molecular weight is 325 g/mol. The van der Waals surface area contributed by atoms with Gasteiger partial charge in [0, 0.05) is 16.2 Å². The first-order valence-corrected chi connectivity index (χ1v) is 7.61. The minimum absolute atomic E-state index is 0.0329. The third-order valence-corrected chi connectivity index (χ3v) is 3.76. The lowest BCUT2D eigenvalue weighted by atomic mass is 10.1. The summed E-state index contributed by atoms with van der Waals surface area (Å²) >= 11 is 6.25. The molecule has 2 rings (SSSR count). The fourth-order valence-electron chi connectivity index (χ4n) is 2.03. The van der Waals surface area contributed by atoms with Crippen LogP contribution in [0.3, 0.4) is 0 Å². The smallest absolute Gasteiger partial charge is 0.159 e. The van der Waals surface area contributed by atoms with E-state index in [1.54, 1.807) is 37.3 Å². The van der Waals surface area contributed by atoms with E-state index in [0.29, 0.717) is 16.2 Å². The number of carbonyl (C=O) groups excluding carboxylic acids is 2. The van der Waals surface area contributed by atoms with Crippen LogP contribution < -0.4 is 0 Å². The summed E-state index contributed by atoms with van der Waals surface area (Å²) in [6.45, 7) is 3.08. The molecule has 0 N–H and O–H groups in total. The van der Waals surface area contributed by atoms with Crippen molar-refractivity contribution in [1.82, 2.24) is 0 Å². The number of ketones is 2. The molecule has 0 heterocycles. The van der Waals surface area contributed by atoms with Crippen molar-refractivity contribution >= 4 is 34.3 Å². The SMILES string of the molecule is CC(=O)c1ccc(/C=C/C=C(\Cl)c2ccc(C(C)=O)cc2)cc1. The van der Waals surface area contributed by atoms with Crippen molar-refractivity contribution in [2.75, 3.05) is 0 Å². The van der Waals surface area contributed by atoms with E-state index in [4.69, 9.17) is 11.6 Å². The van der Waals surface area contributed by atoms with Gasteiger partial charge in [-0.2, -0.15) is 0 Å². The molecule has 0 aromatic heterocycles. The van der Waals surface area contributed by atoms with Gasteiger partial charge < -0.3 is 0 Å². The molecule has 2 nitrogen and oxygen atoms in total. The lowest BCUT2D eigenvalue weighted by molar-refractivity contribution is 0.100. The lowest BCUT2D eigenvalue weighted by Crippen LogP contribution is -1.91.